The van der Waals surface area contributed by atoms with Crippen molar-refractivity contribution in [2.45, 2.75) is 11.4 Å². The van der Waals surface area contributed by atoms with E-state index in [2.05, 4.69) is 50.4 Å². The minimum atomic E-state index is -0.979. The van der Waals surface area contributed by atoms with Crippen molar-refractivity contribution in [1.29, 1.82) is 0 Å². The largest absolute Gasteiger partial charge is 0.355 e. The predicted octanol–water partition coefficient (Wildman–Crippen LogP) is 2.81. The Morgan fingerprint density at radius 1 is 1.00 bits per heavy atom. The molecule has 0 amide bonds. The van der Waals surface area contributed by atoms with E-state index in [1.807, 2.05) is 37.4 Å². The van der Waals surface area contributed by atoms with Crippen LogP contribution >= 0.6 is 24.0 Å². The highest BCUT2D eigenvalue weighted by atomic mass is 127. The molecule has 2 aromatic carbocycles. The molecule has 0 spiro atoms. The summed E-state index contributed by atoms with van der Waals surface area (Å²) in [7, 11) is 0.833. The Labute approximate surface area is 187 Å². The number of aliphatic imine (C=N–C) groups is 1. The number of piperazine rings is 1. The molecule has 28 heavy (non-hydrogen) atoms. The standard InChI is InChI=1S/C21H28N4OS.HI/c1-22-21(23-12-17-27(26)20-10-6-3-7-11-20)25-15-13-24(14-16-25)18-19-8-4-2-5-9-19;/h2-11H,12-18H2,1H3,(H,22,23);1H. The smallest absolute Gasteiger partial charge is 0.193 e. The summed E-state index contributed by atoms with van der Waals surface area (Å²) in [6, 6.07) is 20.2. The van der Waals surface area contributed by atoms with Gasteiger partial charge in [-0.25, -0.2) is 0 Å². The molecule has 152 valence electrons. The van der Waals surface area contributed by atoms with Crippen LogP contribution in [0.5, 0.6) is 0 Å². The summed E-state index contributed by atoms with van der Waals surface area (Å²) in [6.07, 6.45) is 0. The first-order valence-corrected chi connectivity index (χ1v) is 10.7. The van der Waals surface area contributed by atoms with Gasteiger partial charge in [0.15, 0.2) is 5.96 Å². The first-order valence-electron chi connectivity index (χ1n) is 9.41. The molecule has 5 nitrogen and oxygen atoms in total. The molecular formula is C21H29IN4OS. The number of nitrogens with zero attached hydrogens (tertiary/aromatic N) is 3. The summed E-state index contributed by atoms with van der Waals surface area (Å²) in [6.45, 7) is 5.59. The quantitative estimate of drug-likeness (QED) is 0.368. The Balaban J connectivity index is 0.00000280. The minimum absolute atomic E-state index is 0. The van der Waals surface area contributed by atoms with Crippen molar-refractivity contribution >= 4 is 40.7 Å². The number of halogens is 1. The van der Waals surface area contributed by atoms with E-state index < -0.39 is 10.8 Å². The number of benzene rings is 2. The topological polar surface area (TPSA) is 47.9 Å². The Hall–Kier alpha value is -1.45. The normalized spacial score (nSPS) is 16.3. The van der Waals surface area contributed by atoms with Crippen LogP contribution in [-0.2, 0) is 17.3 Å². The van der Waals surface area contributed by atoms with Crippen molar-refractivity contribution in [2.75, 3.05) is 45.5 Å². The monoisotopic (exact) mass is 512 g/mol. The van der Waals surface area contributed by atoms with Gasteiger partial charge in [0, 0.05) is 57.0 Å². The molecule has 1 fully saturated rings. The van der Waals surface area contributed by atoms with Gasteiger partial charge in [0.25, 0.3) is 0 Å². The van der Waals surface area contributed by atoms with Gasteiger partial charge >= 0.3 is 0 Å². The van der Waals surface area contributed by atoms with Crippen molar-refractivity contribution in [1.82, 2.24) is 15.1 Å². The molecule has 0 aromatic heterocycles. The Kier molecular flexibility index (Phi) is 9.94. The maximum Gasteiger partial charge on any atom is 0.193 e. The molecule has 1 heterocycles. The molecular weight excluding hydrogens is 483 g/mol. The lowest BCUT2D eigenvalue weighted by Gasteiger charge is -2.36. The highest BCUT2D eigenvalue weighted by molar-refractivity contribution is 14.0. The van der Waals surface area contributed by atoms with Crippen LogP contribution in [0.2, 0.25) is 0 Å². The van der Waals surface area contributed by atoms with Crippen LogP contribution in [0.4, 0.5) is 0 Å². The summed E-state index contributed by atoms with van der Waals surface area (Å²) >= 11 is 0. The van der Waals surface area contributed by atoms with Gasteiger partial charge in [-0.05, 0) is 17.7 Å². The first kappa shape index (κ1) is 22.8. The van der Waals surface area contributed by atoms with Crippen LogP contribution in [0.25, 0.3) is 0 Å². The zero-order valence-corrected chi connectivity index (χ0v) is 19.4. The number of hydrogen-bond acceptors (Lipinski definition) is 3. The van der Waals surface area contributed by atoms with Gasteiger partial charge in [0.1, 0.15) is 0 Å². The van der Waals surface area contributed by atoms with Crippen LogP contribution in [0.3, 0.4) is 0 Å². The maximum atomic E-state index is 12.3. The van der Waals surface area contributed by atoms with E-state index in [1.54, 1.807) is 0 Å². The molecule has 1 atom stereocenters. The van der Waals surface area contributed by atoms with E-state index in [-0.39, 0.29) is 24.0 Å². The maximum absolute atomic E-state index is 12.3. The number of rotatable bonds is 6. The Bertz CT molecular complexity index is 750. The third-order valence-corrected chi connectivity index (χ3v) is 6.08. The van der Waals surface area contributed by atoms with Crippen molar-refractivity contribution < 1.29 is 4.21 Å². The van der Waals surface area contributed by atoms with Crippen molar-refractivity contribution in [3.63, 3.8) is 0 Å². The summed E-state index contributed by atoms with van der Waals surface area (Å²) in [5.74, 6) is 1.48. The molecule has 1 N–H and O–H groups in total. The first-order chi connectivity index (χ1) is 13.3. The van der Waals surface area contributed by atoms with E-state index >= 15 is 0 Å². The molecule has 2 aromatic rings. The second kappa shape index (κ2) is 12.2. The average Bonchev–Trinajstić information content (AvgIpc) is 2.73. The molecule has 7 heteroatoms. The lowest BCUT2D eigenvalue weighted by atomic mass is 10.2. The van der Waals surface area contributed by atoms with Crippen molar-refractivity contribution in [2.24, 2.45) is 4.99 Å². The van der Waals surface area contributed by atoms with Crippen molar-refractivity contribution in [3.05, 3.63) is 66.2 Å². The molecule has 0 bridgehead atoms. The van der Waals surface area contributed by atoms with Gasteiger partial charge in [-0.2, -0.15) is 0 Å². The predicted molar refractivity (Wildman–Crippen MR) is 128 cm³/mol. The van der Waals surface area contributed by atoms with Crippen LogP contribution in [0, 0.1) is 0 Å². The Morgan fingerprint density at radius 3 is 2.21 bits per heavy atom. The summed E-state index contributed by atoms with van der Waals surface area (Å²) in [5.41, 5.74) is 1.36. The molecule has 0 aliphatic carbocycles. The fourth-order valence-corrected chi connectivity index (χ4v) is 4.22. The molecule has 1 aliphatic rings. The highest BCUT2D eigenvalue weighted by Gasteiger charge is 2.19. The summed E-state index contributed by atoms with van der Waals surface area (Å²) < 4.78 is 12.3. The molecule has 1 saturated heterocycles. The molecule has 0 saturated carbocycles. The third-order valence-electron chi connectivity index (χ3n) is 4.71. The average molecular weight is 512 g/mol. The van der Waals surface area contributed by atoms with Gasteiger partial charge in [0.2, 0.25) is 0 Å². The summed E-state index contributed by atoms with van der Waals surface area (Å²) in [5, 5.41) is 3.37. The summed E-state index contributed by atoms with van der Waals surface area (Å²) in [4.78, 5) is 10.0. The van der Waals surface area contributed by atoms with E-state index in [0.29, 0.717) is 12.3 Å². The van der Waals surface area contributed by atoms with Gasteiger partial charge < -0.3 is 10.2 Å². The number of nitrogens with one attached hydrogen (secondary N) is 1. The molecule has 0 radical (unpaired) electrons. The fraction of sp³-hybridized carbons (Fsp3) is 0.381. The fourth-order valence-electron chi connectivity index (χ4n) is 3.24. The minimum Gasteiger partial charge on any atom is -0.355 e. The molecule has 1 aliphatic heterocycles. The van der Waals surface area contributed by atoms with Crippen LogP contribution in [0.1, 0.15) is 5.56 Å². The SMILES string of the molecule is CN=C(NCCS(=O)c1ccccc1)N1CCN(Cc2ccccc2)CC1.I. The highest BCUT2D eigenvalue weighted by Crippen LogP contribution is 2.09. The third kappa shape index (κ3) is 6.86. The lowest BCUT2D eigenvalue weighted by Crippen LogP contribution is -2.52. The molecule has 1 unspecified atom stereocenters. The number of guanidine groups is 1. The molecule has 3 rings (SSSR count). The van der Waals surface area contributed by atoms with Crippen molar-refractivity contribution in [3.8, 4) is 0 Å². The zero-order valence-electron chi connectivity index (χ0n) is 16.3. The number of hydrogen-bond donors (Lipinski definition) is 1. The second-order valence-electron chi connectivity index (χ2n) is 6.59. The van der Waals surface area contributed by atoms with Crippen LogP contribution in [-0.4, -0.2) is 65.5 Å². The van der Waals surface area contributed by atoms with E-state index in [0.717, 1.165) is 43.6 Å². The second-order valence-corrected chi connectivity index (χ2v) is 8.16. The lowest BCUT2D eigenvalue weighted by molar-refractivity contribution is 0.172. The van der Waals surface area contributed by atoms with Gasteiger partial charge in [-0.15, -0.1) is 24.0 Å². The van der Waals surface area contributed by atoms with Gasteiger partial charge in [0.05, 0.1) is 10.8 Å². The van der Waals surface area contributed by atoms with Crippen LogP contribution < -0.4 is 5.32 Å². The zero-order chi connectivity index (χ0) is 18.9. The Morgan fingerprint density at radius 2 is 1.61 bits per heavy atom. The van der Waals surface area contributed by atoms with Gasteiger partial charge in [-0.1, -0.05) is 48.5 Å². The van der Waals surface area contributed by atoms with Gasteiger partial charge in [-0.3, -0.25) is 14.1 Å². The van der Waals surface area contributed by atoms with E-state index in [4.69, 9.17) is 0 Å². The van der Waals surface area contributed by atoms with E-state index in [9.17, 15) is 4.21 Å². The van der Waals surface area contributed by atoms with Crippen LogP contribution in [0.15, 0.2) is 70.6 Å². The van der Waals surface area contributed by atoms with E-state index in [1.165, 1.54) is 5.56 Å².